The summed E-state index contributed by atoms with van der Waals surface area (Å²) in [7, 11) is 0. The lowest BCUT2D eigenvalue weighted by Crippen LogP contribution is -2.40. The van der Waals surface area contributed by atoms with Crippen molar-refractivity contribution in [3.8, 4) is 0 Å². The second-order valence-corrected chi connectivity index (χ2v) is 7.66. The van der Waals surface area contributed by atoms with Crippen LogP contribution in [0.3, 0.4) is 0 Å². The number of rotatable bonds is 5. The van der Waals surface area contributed by atoms with Crippen LogP contribution in [0.5, 0.6) is 0 Å². The summed E-state index contributed by atoms with van der Waals surface area (Å²) in [4.78, 5) is 14.5. The van der Waals surface area contributed by atoms with Gasteiger partial charge in [0.1, 0.15) is 0 Å². The smallest absolute Gasteiger partial charge is 0.222 e. The zero-order valence-electron chi connectivity index (χ0n) is 13.5. The van der Waals surface area contributed by atoms with Gasteiger partial charge in [-0.2, -0.15) is 0 Å². The summed E-state index contributed by atoms with van der Waals surface area (Å²) in [5.41, 5.74) is 0. The normalized spacial score (nSPS) is 35.7. The van der Waals surface area contributed by atoms with Gasteiger partial charge in [0.25, 0.3) is 0 Å². The summed E-state index contributed by atoms with van der Waals surface area (Å²) in [5, 5.41) is 3.65. The predicted molar refractivity (Wildman–Crippen MR) is 83.1 cm³/mol. The lowest BCUT2D eigenvalue weighted by Gasteiger charge is -2.29. The Morgan fingerprint density at radius 2 is 1.95 bits per heavy atom. The van der Waals surface area contributed by atoms with E-state index in [1.807, 2.05) is 4.90 Å². The van der Waals surface area contributed by atoms with Crippen LogP contribution in [0.2, 0.25) is 0 Å². The number of nitrogens with zero attached hydrogens (tertiary/aromatic N) is 1. The lowest BCUT2D eigenvalue weighted by atomic mass is 9.89. The Kier molecular flexibility index (Phi) is 4.85. The molecule has 0 aliphatic carbocycles. The molecule has 3 rings (SSSR count). The van der Waals surface area contributed by atoms with E-state index in [2.05, 4.69) is 19.2 Å². The molecule has 3 unspecified atom stereocenters. The Hall–Kier alpha value is -0.610. The van der Waals surface area contributed by atoms with Gasteiger partial charge >= 0.3 is 0 Å². The fourth-order valence-electron chi connectivity index (χ4n) is 4.14. The molecular formula is C17H30N2O2. The Morgan fingerprint density at radius 3 is 2.62 bits per heavy atom. The van der Waals surface area contributed by atoms with Crippen molar-refractivity contribution in [3.63, 3.8) is 0 Å². The summed E-state index contributed by atoms with van der Waals surface area (Å²) < 4.78 is 5.87. The maximum atomic E-state index is 12.5. The zero-order chi connectivity index (χ0) is 14.8. The van der Waals surface area contributed by atoms with Crippen LogP contribution in [0, 0.1) is 11.8 Å². The Labute approximate surface area is 128 Å². The zero-order valence-corrected chi connectivity index (χ0v) is 13.5. The number of fused-ring (bicyclic) bond motifs is 2. The molecule has 1 N–H and O–H groups in total. The highest BCUT2D eigenvalue weighted by Gasteiger charge is 2.35. The molecule has 3 heterocycles. The molecule has 2 bridgehead atoms. The number of nitrogens with one attached hydrogen (secondary N) is 1. The van der Waals surface area contributed by atoms with Crippen molar-refractivity contribution in [3.05, 3.63) is 0 Å². The van der Waals surface area contributed by atoms with Crippen LogP contribution in [-0.2, 0) is 9.53 Å². The van der Waals surface area contributed by atoms with Crippen LogP contribution < -0.4 is 5.32 Å². The highest BCUT2D eigenvalue weighted by molar-refractivity contribution is 5.76. The van der Waals surface area contributed by atoms with Crippen molar-refractivity contribution in [2.45, 2.75) is 70.6 Å². The van der Waals surface area contributed by atoms with Gasteiger partial charge in [0.05, 0.1) is 6.10 Å². The topological polar surface area (TPSA) is 41.6 Å². The van der Waals surface area contributed by atoms with E-state index in [-0.39, 0.29) is 6.10 Å². The van der Waals surface area contributed by atoms with Gasteiger partial charge < -0.3 is 15.0 Å². The van der Waals surface area contributed by atoms with Crippen molar-refractivity contribution < 1.29 is 9.53 Å². The first-order valence-electron chi connectivity index (χ1n) is 8.75. The molecule has 3 fully saturated rings. The Bertz CT molecular complexity index is 360. The van der Waals surface area contributed by atoms with Gasteiger partial charge in [0.2, 0.25) is 5.91 Å². The largest absolute Gasteiger partial charge is 0.376 e. The van der Waals surface area contributed by atoms with E-state index < -0.39 is 0 Å². The van der Waals surface area contributed by atoms with Crippen LogP contribution in [0.1, 0.15) is 52.4 Å². The van der Waals surface area contributed by atoms with Crippen LogP contribution in [0.4, 0.5) is 0 Å². The fourth-order valence-corrected chi connectivity index (χ4v) is 4.14. The van der Waals surface area contributed by atoms with Crippen LogP contribution in [0.15, 0.2) is 0 Å². The lowest BCUT2D eigenvalue weighted by molar-refractivity contribution is -0.132. The molecule has 0 saturated carbocycles. The Morgan fingerprint density at radius 1 is 1.24 bits per heavy atom. The molecule has 4 nitrogen and oxygen atoms in total. The monoisotopic (exact) mass is 294 g/mol. The van der Waals surface area contributed by atoms with Gasteiger partial charge in [-0.15, -0.1) is 0 Å². The van der Waals surface area contributed by atoms with E-state index in [9.17, 15) is 4.79 Å². The predicted octanol–water partition coefficient (Wildman–Crippen LogP) is 2.18. The molecule has 3 aliphatic heterocycles. The summed E-state index contributed by atoms with van der Waals surface area (Å²) in [5.74, 6) is 1.53. The molecule has 4 heteroatoms. The van der Waals surface area contributed by atoms with E-state index in [0.29, 0.717) is 29.8 Å². The maximum absolute atomic E-state index is 12.5. The highest BCUT2D eigenvalue weighted by Crippen LogP contribution is 2.33. The number of hydrogen-bond acceptors (Lipinski definition) is 3. The second-order valence-electron chi connectivity index (χ2n) is 7.66. The third-order valence-corrected chi connectivity index (χ3v) is 5.20. The standard InChI is InChI=1S/C17H30N2O2/c1-12(2)11-21-16-5-6-19(10-16)17(20)9-13-7-14-3-4-15(8-13)18-14/h12-16,18H,3-11H2,1-2H3. The van der Waals surface area contributed by atoms with Crippen LogP contribution >= 0.6 is 0 Å². The van der Waals surface area contributed by atoms with Crippen molar-refractivity contribution in [1.82, 2.24) is 10.2 Å². The van der Waals surface area contributed by atoms with Crippen molar-refractivity contribution in [2.24, 2.45) is 11.8 Å². The number of piperidine rings is 1. The first-order valence-corrected chi connectivity index (χ1v) is 8.75. The maximum Gasteiger partial charge on any atom is 0.222 e. The van der Waals surface area contributed by atoms with Gasteiger partial charge in [-0.3, -0.25) is 4.79 Å². The van der Waals surface area contributed by atoms with Gasteiger partial charge in [-0.25, -0.2) is 0 Å². The first-order chi connectivity index (χ1) is 10.1. The highest BCUT2D eigenvalue weighted by atomic mass is 16.5. The first kappa shape index (κ1) is 15.3. The molecule has 3 atom stereocenters. The van der Waals surface area contributed by atoms with E-state index in [0.717, 1.165) is 32.5 Å². The van der Waals surface area contributed by atoms with Crippen molar-refractivity contribution in [1.29, 1.82) is 0 Å². The summed E-state index contributed by atoms with van der Waals surface area (Å²) in [6.45, 7) is 6.85. The van der Waals surface area contributed by atoms with Crippen LogP contribution in [-0.4, -0.2) is 48.7 Å². The number of carbonyl (C=O) groups excluding carboxylic acids is 1. The van der Waals surface area contributed by atoms with Gasteiger partial charge in [-0.05, 0) is 43.9 Å². The van der Waals surface area contributed by atoms with E-state index in [1.165, 1.54) is 25.7 Å². The average Bonchev–Trinajstić information content (AvgIpc) is 3.03. The molecule has 21 heavy (non-hydrogen) atoms. The minimum Gasteiger partial charge on any atom is -0.376 e. The SMILES string of the molecule is CC(C)COC1CCN(C(=O)CC2CC3CCC(C2)N3)C1. The third kappa shape index (κ3) is 3.98. The average molecular weight is 294 g/mol. The van der Waals surface area contributed by atoms with Crippen molar-refractivity contribution >= 4 is 5.91 Å². The minimum atomic E-state index is 0.264. The third-order valence-electron chi connectivity index (χ3n) is 5.20. The Balaban J connectivity index is 1.42. The van der Waals surface area contributed by atoms with Gasteiger partial charge in [0.15, 0.2) is 0 Å². The number of ether oxygens (including phenoxy) is 1. The summed E-state index contributed by atoms with van der Waals surface area (Å²) >= 11 is 0. The summed E-state index contributed by atoms with van der Waals surface area (Å²) in [6.07, 6.45) is 7.04. The van der Waals surface area contributed by atoms with E-state index >= 15 is 0 Å². The number of likely N-dealkylation sites (tertiary alicyclic amines) is 1. The molecule has 3 aliphatic rings. The van der Waals surface area contributed by atoms with Crippen molar-refractivity contribution in [2.75, 3.05) is 19.7 Å². The molecule has 0 radical (unpaired) electrons. The second kappa shape index (κ2) is 6.66. The van der Waals surface area contributed by atoms with Gasteiger partial charge in [-0.1, -0.05) is 13.8 Å². The fraction of sp³-hybridized carbons (Fsp3) is 0.941. The van der Waals surface area contributed by atoms with Gasteiger partial charge in [0, 0.05) is 38.2 Å². The van der Waals surface area contributed by atoms with E-state index in [4.69, 9.17) is 4.74 Å². The minimum absolute atomic E-state index is 0.264. The van der Waals surface area contributed by atoms with E-state index in [1.54, 1.807) is 0 Å². The molecule has 3 saturated heterocycles. The molecule has 120 valence electrons. The molecular weight excluding hydrogens is 264 g/mol. The quantitative estimate of drug-likeness (QED) is 0.845. The van der Waals surface area contributed by atoms with Crippen LogP contribution in [0.25, 0.3) is 0 Å². The summed E-state index contributed by atoms with van der Waals surface area (Å²) in [6, 6.07) is 1.37. The number of carbonyl (C=O) groups is 1. The molecule has 0 spiro atoms. The molecule has 0 aromatic carbocycles. The molecule has 1 amide bonds. The number of hydrogen-bond donors (Lipinski definition) is 1. The molecule has 0 aromatic rings. The number of amides is 1. The molecule has 0 aromatic heterocycles.